The van der Waals surface area contributed by atoms with Crippen LogP contribution in [0.2, 0.25) is 0 Å². The Morgan fingerprint density at radius 2 is 2.08 bits per heavy atom. The maximum atomic E-state index is 6.30. The number of likely N-dealkylation sites (tertiary alicyclic amines) is 1. The van der Waals surface area contributed by atoms with Gasteiger partial charge in [0.15, 0.2) is 0 Å². The molecule has 2 heterocycles. The highest BCUT2D eigenvalue weighted by Crippen LogP contribution is 2.36. The zero-order valence-electron chi connectivity index (χ0n) is 15.3. The second-order valence-electron chi connectivity index (χ2n) is 7.05. The number of rotatable bonds is 4. The van der Waals surface area contributed by atoms with E-state index in [1.54, 1.807) is 11.8 Å². The number of benzene rings is 2. The predicted octanol–water partition coefficient (Wildman–Crippen LogP) is 2.64. The van der Waals surface area contributed by atoms with Crippen LogP contribution in [-0.2, 0) is 13.6 Å². The van der Waals surface area contributed by atoms with Crippen LogP contribution in [-0.4, -0.2) is 39.6 Å². The molecule has 0 radical (unpaired) electrons. The summed E-state index contributed by atoms with van der Waals surface area (Å²) in [5.41, 5.74) is 10.7. The molecule has 3 aromatic rings. The molecule has 2 aromatic carbocycles. The van der Waals surface area contributed by atoms with Crippen LogP contribution in [0.4, 0.5) is 0 Å². The molecule has 0 bridgehead atoms. The van der Waals surface area contributed by atoms with Crippen molar-refractivity contribution in [2.75, 3.05) is 13.7 Å². The third-order valence-corrected chi connectivity index (χ3v) is 5.31. The summed E-state index contributed by atoms with van der Waals surface area (Å²) < 4.78 is 7.41. The number of aromatic nitrogens is 3. The number of hydrogen-bond acceptors (Lipinski definition) is 5. The van der Waals surface area contributed by atoms with Gasteiger partial charge in [0, 0.05) is 37.8 Å². The molecule has 1 aromatic heterocycles. The van der Waals surface area contributed by atoms with Crippen LogP contribution >= 0.6 is 0 Å². The van der Waals surface area contributed by atoms with E-state index in [0.717, 1.165) is 42.7 Å². The summed E-state index contributed by atoms with van der Waals surface area (Å²) in [6.45, 7) is 1.84. The van der Waals surface area contributed by atoms with E-state index >= 15 is 0 Å². The van der Waals surface area contributed by atoms with E-state index in [1.165, 1.54) is 11.1 Å². The van der Waals surface area contributed by atoms with Crippen molar-refractivity contribution in [1.82, 2.24) is 19.9 Å². The molecular formula is C20H25N5O. The Morgan fingerprint density at radius 3 is 2.92 bits per heavy atom. The lowest BCUT2D eigenvalue weighted by atomic mass is 9.91. The summed E-state index contributed by atoms with van der Waals surface area (Å²) in [7, 11) is 3.65. The lowest BCUT2D eigenvalue weighted by Crippen LogP contribution is -2.41. The van der Waals surface area contributed by atoms with Gasteiger partial charge in [-0.15, -0.1) is 5.10 Å². The minimum Gasteiger partial charge on any atom is -0.496 e. The van der Waals surface area contributed by atoms with Crippen molar-refractivity contribution in [2.45, 2.75) is 31.5 Å². The largest absolute Gasteiger partial charge is 0.496 e. The van der Waals surface area contributed by atoms with Gasteiger partial charge in [0.1, 0.15) is 11.3 Å². The lowest BCUT2D eigenvalue weighted by molar-refractivity contribution is 0.126. The Morgan fingerprint density at radius 1 is 1.23 bits per heavy atom. The van der Waals surface area contributed by atoms with Gasteiger partial charge in [0.05, 0.1) is 12.6 Å². The van der Waals surface area contributed by atoms with E-state index in [9.17, 15) is 0 Å². The van der Waals surface area contributed by atoms with E-state index in [4.69, 9.17) is 10.5 Å². The van der Waals surface area contributed by atoms with Gasteiger partial charge in [0.25, 0.3) is 0 Å². The SMILES string of the molecule is COc1ccccc1[C@@H]1C[C@H](N)CCN1Cc1ccc2c(c1)nnn2C. The Bertz CT molecular complexity index is 906. The number of piperidine rings is 1. The lowest BCUT2D eigenvalue weighted by Gasteiger charge is -2.39. The summed E-state index contributed by atoms with van der Waals surface area (Å²) >= 11 is 0. The molecule has 1 aliphatic heterocycles. The van der Waals surface area contributed by atoms with Crippen LogP contribution in [0.3, 0.4) is 0 Å². The van der Waals surface area contributed by atoms with Crippen molar-refractivity contribution >= 4 is 11.0 Å². The second kappa shape index (κ2) is 7.05. The number of aryl methyl sites for hydroxylation is 1. The Hall–Kier alpha value is -2.44. The average molecular weight is 351 g/mol. The van der Waals surface area contributed by atoms with Gasteiger partial charge in [0.2, 0.25) is 0 Å². The molecule has 1 saturated heterocycles. The van der Waals surface area contributed by atoms with Gasteiger partial charge < -0.3 is 10.5 Å². The topological polar surface area (TPSA) is 69.2 Å². The van der Waals surface area contributed by atoms with Crippen LogP contribution in [0, 0.1) is 0 Å². The first-order chi connectivity index (χ1) is 12.7. The highest BCUT2D eigenvalue weighted by Gasteiger charge is 2.29. The van der Waals surface area contributed by atoms with Gasteiger partial charge in [-0.25, -0.2) is 4.68 Å². The average Bonchev–Trinajstić information content (AvgIpc) is 3.03. The minimum absolute atomic E-state index is 0.226. The molecule has 4 rings (SSSR count). The maximum absolute atomic E-state index is 6.30. The molecule has 26 heavy (non-hydrogen) atoms. The first-order valence-corrected chi connectivity index (χ1v) is 9.06. The van der Waals surface area contributed by atoms with Gasteiger partial charge in [-0.05, 0) is 36.6 Å². The number of fused-ring (bicyclic) bond motifs is 1. The molecule has 0 unspecified atom stereocenters. The van der Waals surface area contributed by atoms with Gasteiger partial charge in [-0.1, -0.05) is 29.5 Å². The van der Waals surface area contributed by atoms with Gasteiger partial charge in [-0.2, -0.15) is 0 Å². The monoisotopic (exact) mass is 351 g/mol. The highest BCUT2D eigenvalue weighted by atomic mass is 16.5. The van der Waals surface area contributed by atoms with E-state index in [2.05, 4.69) is 45.5 Å². The highest BCUT2D eigenvalue weighted by molar-refractivity contribution is 5.74. The summed E-state index contributed by atoms with van der Waals surface area (Å²) in [6.07, 6.45) is 1.95. The van der Waals surface area contributed by atoms with Crippen molar-refractivity contribution in [3.63, 3.8) is 0 Å². The van der Waals surface area contributed by atoms with E-state index in [0.29, 0.717) is 0 Å². The molecule has 0 spiro atoms. The Balaban J connectivity index is 1.63. The second-order valence-corrected chi connectivity index (χ2v) is 7.05. The van der Waals surface area contributed by atoms with Gasteiger partial charge >= 0.3 is 0 Å². The van der Waals surface area contributed by atoms with Crippen molar-refractivity contribution in [2.24, 2.45) is 12.8 Å². The maximum Gasteiger partial charge on any atom is 0.123 e. The van der Waals surface area contributed by atoms with E-state index in [1.807, 2.05) is 19.2 Å². The molecule has 136 valence electrons. The van der Waals surface area contributed by atoms with Crippen molar-refractivity contribution in [1.29, 1.82) is 0 Å². The summed E-state index contributed by atoms with van der Waals surface area (Å²) in [6, 6.07) is 15.1. The Kier molecular flexibility index (Phi) is 4.61. The van der Waals surface area contributed by atoms with Crippen LogP contribution in [0.25, 0.3) is 11.0 Å². The standard InChI is InChI=1S/C20H25N5O/c1-24-18-8-7-14(11-17(18)22-23-24)13-25-10-9-15(21)12-19(25)16-5-3-4-6-20(16)26-2/h3-8,11,15,19H,9-10,12-13,21H2,1-2H3/t15-,19+/m1/s1. The Labute approximate surface area is 153 Å². The first kappa shape index (κ1) is 17.0. The number of nitrogens with zero attached hydrogens (tertiary/aromatic N) is 4. The number of hydrogen-bond donors (Lipinski definition) is 1. The van der Waals surface area contributed by atoms with Crippen molar-refractivity contribution in [3.8, 4) is 5.75 Å². The minimum atomic E-state index is 0.226. The molecule has 0 amide bonds. The van der Waals surface area contributed by atoms with Crippen LogP contribution in [0.15, 0.2) is 42.5 Å². The molecular weight excluding hydrogens is 326 g/mol. The first-order valence-electron chi connectivity index (χ1n) is 9.06. The van der Waals surface area contributed by atoms with Gasteiger partial charge in [-0.3, -0.25) is 4.90 Å². The summed E-state index contributed by atoms with van der Waals surface area (Å²) in [5, 5.41) is 8.34. The zero-order chi connectivity index (χ0) is 18.1. The molecule has 6 heteroatoms. The quantitative estimate of drug-likeness (QED) is 0.782. The number of ether oxygens (including phenoxy) is 1. The smallest absolute Gasteiger partial charge is 0.123 e. The third-order valence-electron chi connectivity index (χ3n) is 5.31. The van der Waals surface area contributed by atoms with Crippen molar-refractivity contribution in [3.05, 3.63) is 53.6 Å². The molecule has 2 atom stereocenters. The van der Waals surface area contributed by atoms with E-state index < -0.39 is 0 Å². The molecule has 1 fully saturated rings. The number of methoxy groups -OCH3 is 1. The molecule has 0 aliphatic carbocycles. The summed E-state index contributed by atoms with van der Waals surface area (Å²) in [5.74, 6) is 0.931. The molecule has 1 aliphatic rings. The van der Waals surface area contributed by atoms with Crippen LogP contribution in [0.5, 0.6) is 5.75 Å². The fraction of sp³-hybridized carbons (Fsp3) is 0.400. The van der Waals surface area contributed by atoms with Crippen molar-refractivity contribution < 1.29 is 4.74 Å². The van der Waals surface area contributed by atoms with Crippen LogP contribution < -0.4 is 10.5 Å². The number of para-hydroxylation sites is 1. The zero-order valence-corrected chi connectivity index (χ0v) is 15.3. The summed E-state index contributed by atoms with van der Waals surface area (Å²) in [4.78, 5) is 2.50. The molecule has 0 saturated carbocycles. The molecule has 2 N–H and O–H groups in total. The fourth-order valence-electron chi connectivity index (χ4n) is 3.91. The predicted molar refractivity (Wildman–Crippen MR) is 102 cm³/mol. The normalized spacial score (nSPS) is 21.2. The fourth-order valence-corrected chi connectivity index (χ4v) is 3.91. The third kappa shape index (κ3) is 3.18. The number of nitrogens with two attached hydrogens (primary N) is 1. The molecule has 6 nitrogen and oxygen atoms in total. The van der Waals surface area contributed by atoms with Crippen LogP contribution in [0.1, 0.15) is 30.0 Å². The van der Waals surface area contributed by atoms with E-state index in [-0.39, 0.29) is 12.1 Å².